The molecule has 0 saturated carbocycles. The zero-order valence-corrected chi connectivity index (χ0v) is 23.2. The van der Waals surface area contributed by atoms with Gasteiger partial charge in [-0.3, -0.25) is 4.79 Å². The van der Waals surface area contributed by atoms with Crippen LogP contribution in [-0.2, 0) is 11.4 Å². The van der Waals surface area contributed by atoms with Gasteiger partial charge in [0.05, 0.1) is 7.11 Å². The third-order valence-corrected chi connectivity index (χ3v) is 7.29. The molecule has 4 rings (SSSR count). The first-order valence-electron chi connectivity index (χ1n) is 11.5. The number of nitrogens with zero attached hydrogens (tertiary/aromatic N) is 3. The lowest BCUT2D eigenvalue weighted by Gasteiger charge is -2.36. The minimum atomic E-state index is -0.293. The van der Waals surface area contributed by atoms with Gasteiger partial charge >= 0.3 is 0 Å². The van der Waals surface area contributed by atoms with Crippen LogP contribution in [0.15, 0.2) is 70.7 Å². The number of hydrogen-bond acceptors (Lipinski definition) is 5. The highest BCUT2D eigenvalue weighted by Crippen LogP contribution is 2.36. The minimum Gasteiger partial charge on any atom is -0.493 e. The second-order valence-corrected chi connectivity index (χ2v) is 10.0. The number of methoxy groups -OCH3 is 1. The molecule has 1 heterocycles. The third-order valence-electron chi connectivity index (χ3n) is 6.02. The van der Waals surface area contributed by atoms with E-state index in [1.54, 1.807) is 41.3 Å². The average molecular weight is 601 g/mol. The predicted molar refractivity (Wildman–Crippen MR) is 150 cm³/mol. The van der Waals surface area contributed by atoms with Crippen LogP contribution in [0.25, 0.3) is 6.08 Å². The van der Waals surface area contributed by atoms with Crippen LogP contribution >= 0.6 is 39.1 Å². The number of nitriles is 1. The maximum absolute atomic E-state index is 13.1. The monoisotopic (exact) mass is 599 g/mol. The van der Waals surface area contributed by atoms with Crippen LogP contribution in [0.5, 0.6) is 11.5 Å². The molecule has 0 radical (unpaired) electrons. The maximum Gasteiger partial charge on any atom is 0.264 e. The van der Waals surface area contributed by atoms with Crippen molar-refractivity contribution in [3.63, 3.8) is 0 Å². The van der Waals surface area contributed by atoms with E-state index in [9.17, 15) is 10.1 Å². The van der Waals surface area contributed by atoms with Crippen molar-refractivity contribution >= 4 is 56.8 Å². The number of rotatable bonds is 7. The molecule has 0 bridgehead atoms. The standard InChI is InChI=1S/C28H24BrCl2N3O3/c1-36-26-14-20(24(29)16-27(26)37-18-19-7-8-22(30)15-25(19)31)13-21(17-32)28(35)34-11-9-33(10-12-34)23-5-3-2-4-6-23/h2-8,13-16H,9-12,18H2,1H3/b21-13-. The Bertz CT molecular complexity index is 1350. The first-order valence-corrected chi connectivity index (χ1v) is 13.1. The second-order valence-electron chi connectivity index (χ2n) is 8.33. The highest BCUT2D eigenvalue weighted by atomic mass is 79.9. The van der Waals surface area contributed by atoms with E-state index in [-0.39, 0.29) is 18.1 Å². The average Bonchev–Trinajstić information content (AvgIpc) is 2.92. The van der Waals surface area contributed by atoms with Gasteiger partial charge in [0.25, 0.3) is 5.91 Å². The number of hydrogen-bond donors (Lipinski definition) is 0. The number of ether oxygens (including phenoxy) is 2. The van der Waals surface area contributed by atoms with Gasteiger partial charge in [-0.1, -0.05) is 63.4 Å². The molecule has 1 aliphatic heterocycles. The van der Waals surface area contributed by atoms with E-state index in [1.807, 2.05) is 18.2 Å². The number of halogens is 3. The lowest BCUT2D eigenvalue weighted by Crippen LogP contribution is -2.49. The summed E-state index contributed by atoms with van der Waals surface area (Å²) >= 11 is 15.8. The van der Waals surface area contributed by atoms with Crippen LogP contribution in [0.1, 0.15) is 11.1 Å². The lowest BCUT2D eigenvalue weighted by molar-refractivity contribution is -0.126. The number of anilines is 1. The van der Waals surface area contributed by atoms with Crippen molar-refractivity contribution in [1.29, 1.82) is 5.26 Å². The summed E-state index contributed by atoms with van der Waals surface area (Å²) in [7, 11) is 1.53. The topological polar surface area (TPSA) is 65.8 Å². The molecule has 37 heavy (non-hydrogen) atoms. The Morgan fingerprint density at radius 1 is 1.05 bits per heavy atom. The number of benzene rings is 3. The number of para-hydroxylation sites is 1. The van der Waals surface area contributed by atoms with E-state index >= 15 is 0 Å². The van der Waals surface area contributed by atoms with Crippen LogP contribution in [-0.4, -0.2) is 44.1 Å². The highest BCUT2D eigenvalue weighted by molar-refractivity contribution is 9.10. The molecule has 0 N–H and O–H groups in total. The Hall–Kier alpha value is -3.18. The summed E-state index contributed by atoms with van der Waals surface area (Å²) in [6.07, 6.45) is 1.57. The van der Waals surface area contributed by atoms with Crippen LogP contribution in [0.2, 0.25) is 10.0 Å². The van der Waals surface area contributed by atoms with Gasteiger partial charge in [0, 0.05) is 51.9 Å². The fourth-order valence-corrected chi connectivity index (χ4v) is 4.90. The molecule has 3 aromatic rings. The first kappa shape index (κ1) is 26.9. The van der Waals surface area contributed by atoms with Crippen molar-refractivity contribution in [1.82, 2.24) is 4.90 Å². The van der Waals surface area contributed by atoms with E-state index < -0.39 is 0 Å². The van der Waals surface area contributed by atoms with Crippen molar-refractivity contribution in [2.75, 3.05) is 38.2 Å². The molecular weight excluding hydrogens is 577 g/mol. The quantitative estimate of drug-likeness (QED) is 0.226. The number of amides is 1. The van der Waals surface area contributed by atoms with E-state index in [1.165, 1.54) is 7.11 Å². The summed E-state index contributed by atoms with van der Waals surface area (Å²) in [5.74, 6) is 0.652. The van der Waals surface area contributed by atoms with E-state index in [0.717, 1.165) is 11.3 Å². The van der Waals surface area contributed by atoms with Gasteiger partial charge in [-0.15, -0.1) is 0 Å². The highest BCUT2D eigenvalue weighted by Gasteiger charge is 2.24. The Labute approximate surface area is 234 Å². The molecule has 1 saturated heterocycles. The van der Waals surface area contributed by atoms with Gasteiger partial charge in [0.1, 0.15) is 18.2 Å². The van der Waals surface area contributed by atoms with Gasteiger partial charge < -0.3 is 19.3 Å². The Morgan fingerprint density at radius 2 is 1.78 bits per heavy atom. The van der Waals surface area contributed by atoms with Crippen LogP contribution in [0.3, 0.4) is 0 Å². The molecule has 0 unspecified atom stereocenters. The molecule has 1 aliphatic rings. The zero-order chi connectivity index (χ0) is 26.4. The van der Waals surface area contributed by atoms with Crippen molar-refractivity contribution in [3.05, 3.63) is 91.9 Å². The van der Waals surface area contributed by atoms with E-state index in [0.29, 0.717) is 57.8 Å². The fraction of sp³-hybridized carbons (Fsp3) is 0.214. The Balaban J connectivity index is 1.47. The van der Waals surface area contributed by atoms with Crippen molar-refractivity contribution in [2.24, 2.45) is 0 Å². The Kier molecular flexibility index (Phi) is 8.99. The smallest absolute Gasteiger partial charge is 0.264 e. The van der Waals surface area contributed by atoms with Crippen LogP contribution in [0, 0.1) is 11.3 Å². The van der Waals surface area contributed by atoms with E-state index in [2.05, 4.69) is 39.0 Å². The largest absolute Gasteiger partial charge is 0.493 e. The number of carbonyl (C=O) groups excluding carboxylic acids is 1. The van der Waals surface area contributed by atoms with Gasteiger partial charge in [0.2, 0.25) is 0 Å². The molecule has 0 aliphatic carbocycles. The molecule has 1 fully saturated rings. The summed E-state index contributed by atoms with van der Waals surface area (Å²) in [6, 6.07) is 20.8. The van der Waals surface area contributed by atoms with Gasteiger partial charge in [-0.25, -0.2) is 0 Å². The molecular formula is C28H24BrCl2N3O3. The normalized spacial score (nSPS) is 13.8. The van der Waals surface area contributed by atoms with Crippen LogP contribution in [0.4, 0.5) is 5.69 Å². The van der Waals surface area contributed by atoms with Crippen molar-refractivity contribution in [3.8, 4) is 17.6 Å². The predicted octanol–water partition coefficient (Wildman–Crippen LogP) is 6.60. The molecule has 0 atom stereocenters. The van der Waals surface area contributed by atoms with Gasteiger partial charge in [-0.05, 0) is 48.0 Å². The molecule has 0 aromatic heterocycles. The fourth-order valence-electron chi connectivity index (χ4n) is 4.00. The maximum atomic E-state index is 13.1. The summed E-state index contributed by atoms with van der Waals surface area (Å²) in [5.41, 5.74) is 2.58. The van der Waals surface area contributed by atoms with E-state index in [4.69, 9.17) is 32.7 Å². The molecule has 0 spiro atoms. The van der Waals surface area contributed by atoms with Crippen LogP contribution < -0.4 is 14.4 Å². The number of piperazine rings is 1. The molecule has 1 amide bonds. The molecule has 6 nitrogen and oxygen atoms in total. The summed E-state index contributed by atoms with van der Waals surface area (Å²) < 4.78 is 12.1. The Morgan fingerprint density at radius 3 is 2.43 bits per heavy atom. The lowest BCUT2D eigenvalue weighted by atomic mass is 10.1. The van der Waals surface area contributed by atoms with Crippen molar-refractivity contribution < 1.29 is 14.3 Å². The zero-order valence-electron chi connectivity index (χ0n) is 20.1. The first-order chi connectivity index (χ1) is 17.9. The third kappa shape index (κ3) is 6.58. The summed E-state index contributed by atoms with van der Waals surface area (Å²) in [4.78, 5) is 17.1. The van der Waals surface area contributed by atoms with Gasteiger partial charge in [-0.2, -0.15) is 5.26 Å². The van der Waals surface area contributed by atoms with Gasteiger partial charge in [0.15, 0.2) is 11.5 Å². The summed E-state index contributed by atoms with van der Waals surface area (Å²) in [5, 5.41) is 10.8. The minimum absolute atomic E-state index is 0.0533. The molecule has 3 aromatic carbocycles. The second kappa shape index (κ2) is 12.4. The number of carbonyl (C=O) groups is 1. The van der Waals surface area contributed by atoms with Crippen molar-refractivity contribution in [2.45, 2.75) is 6.61 Å². The molecule has 9 heteroatoms. The SMILES string of the molecule is COc1cc(/C=C(/C#N)C(=O)N2CCN(c3ccccc3)CC2)c(Br)cc1OCc1ccc(Cl)cc1Cl. The molecule has 190 valence electrons. The summed E-state index contributed by atoms with van der Waals surface area (Å²) in [6.45, 7) is 2.70.